The fraction of sp³-hybridized carbons (Fsp3) is 0.500. The van der Waals surface area contributed by atoms with Gasteiger partial charge in [0.05, 0.1) is 13.0 Å². The van der Waals surface area contributed by atoms with Crippen LogP contribution < -0.4 is 0 Å². The lowest BCUT2D eigenvalue weighted by atomic mass is 10.1. The smallest absolute Gasteiger partial charge is 0.310 e. The lowest BCUT2D eigenvalue weighted by molar-refractivity contribution is -0.142. The van der Waals surface area contributed by atoms with Crippen molar-refractivity contribution in [2.45, 2.75) is 52.4 Å². The lowest BCUT2D eigenvalue weighted by Gasteiger charge is -2.03. The van der Waals surface area contributed by atoms with E-state index >= 15 is 0 Å². The largest absolute Gasteiger partial charge is 0.466 e. The number of esters is 1. The first kappa shape index (κ1) is 16.5. The van der Waals surface area contributed by atoms with Crippen LogP contribution in [0.4, 0.5) is 0 Å². The minimum atomic E-state index is -0.159. The molecule has 1 aromatic carbocycles. The van der Waals surface area contributed by atoms with Crippen molar-refractivity contribution >= 4 is 12.0 Å². The molecule has 0 amide bonds. The number of hydrogen-bond donors (Lipinski definition) is 0. The molecule has 0 saturated heterocycles. The molecule has 0 spiro atoms. The Kier molecular flexibility index (Phi) is 8.44. The first-order valence-corrected chi connectivity index (χ1v) is 7.67. The molecule has 0 aliphatic carbocycles. The summed E-state index contributed by atoms with van der Waals surface area (Å²) >= 11 is 0. The average Bonchev–Trinajstić information content (AvgIpc) is 2.43. The van der Waals surface area contributed by atoms with Crippen LogP contribution in [0.1, 0.15) is 57.1 Å². The monoisotopic (exact) mass is 274 g/mol. The zero-order valence-corrected chi connectivity index (χ0v) is 12.7. The van der Waals surface area contributed by atoms with Crippen molar-refractivity contribution in [3.63, 3.8) is 0 Å². The standard InChI is InChI=1S/C18H26O2/c1-3-5-6-7-8-9-11-16-12-10-13-17(14-16)15-18(19)20-4-2/h9-14H,3-8,15H2,1-2H3/b11-9+. The summed E-state index contributed by atoms with van der Waals surface area (Å²) in [5.41, 5.74) is 2.17. The van der Waals surface area contributed by atoms with E-state index in [9.17, 15) is 4.79 Å². The highest BCUT2D eigenvalue weighted by atomic mass is 16.5. The molecule has 0 heterocycles. The molecule has 110 valence electrons. The van der Waals surface area contributed by atoms with Crippen molar-refractivity contribution in [1.29, 1.82) is 0 Å². The zero-order chi connectivity index (χ0) is 14.6. The molecule has 0 N–H and O–H groups in total. The maximum atomic E-state index is 11.4. The Hall–Kier alpha value is -1.57. The van der Waals surface area contributed by atoms with Crippen LogP contribution in [0.15, 0.2) is 30.3 Å². The van der Waals surface area contributed by atoms with E-state index in [0.29, 0.717) is 13.0 Å². The first-order chi connectivity index (χ1) is 9.76. The second-order valence-corrected chi connectivity index (χ2v) is 4.98. The van der Waals surface area contributed by atoms with Crippen LogP contribution >= 0.6 is 0 Å². The molecule has 0 saturated carbocycles. The topological polar surface area (TPSA) is 26.3 Å². The molecule has 0 aliphatic heterocycles. The minimum Gasteiger partial charge on any atom is -0.466 e. The Morgan fingerprint density at radius 3 is 2.80 bits per heavy atom. The van der Waals surface area contributed by atoms with E-state index in [2.05, 4.69) is 31.2 Å². The molecule has 2 heteroatoms. The number of benzene rings is 1. The van der Waals surface area contributed by atoms with Crippen LogP contribution in [0.2, 0.25) is 0 Å². The number of hydrogen-bond acceptors (Lipinski definition) is 2. The van der Waals surface area contributed by atoms with Crippen LogP contribution in [0.5, 0.6) is 0 Å². The van der Waals surface area contributed by atoms with Gasteiger partial charge in [-0.25, -0.2) is 0 Å². The predicted molar refractivity (Wildman–Crippen MR) is 84.6 cm³/mol. The molecular weight excluding hydrogens is 248 g/mol. The third kappa shape index (κ3) is 7.13. The van der Waals surface area contributed by atoms with Gasteiger partial charge in [0.1, 0.15) is 0 Å². The fourth-order valence-corrected chi connectivity index (χ4v) is 2.09. The molecule has 0 unspecified atom stereocenters. The molecule has 0 atom stereocenters. The normalized spacial score (nSPS) is 10.9. The molecule has 20 heavy (non-hydrogen) atoms. The molecule has 0 aliphatic rings. The number of carbonyl (C=O) groups excluding carboxylic acids is 1. The van der Waals surface area contributed by atoms with Gasteiger partial charge in [-0.3, -0.25) is 4.79 Å². The minimum absolute atomic E-state index is 0.159. The van der Waals surface area contributed by atoms with Gasteiger partial charge in [0.2, 0.25) is 0 Å². The summed E-state index contributed by atoms with van der Waals surface area (Å²) in [6.07, 6.45) is 11.0. The second-order valence-electron chi connectivity index (χ2n) is 4.98. The third-order valence-electron chi connectivity index (χ3n) is 3.14. The van der Waals surface area contributed by atoms with Crippen molar-refractivity contribution in [2.24, 2.45) is 0 Å². The van der Waals surface area contributed by atoms with Crippen LogP contribution in [0.3, 0.4) is 0 Å². The van der Waals surface area contributed by atoms with Crippen LogP contribution in [0.25, 0.3) is 6.08 Å². The Morgan fingerprint density at radius 1 is 1.20 bits per heavy atom. The molecule has 1 rings (SSSR count). The summed E-state index contributed by atoms with van der Waals surface area (Å²) in [7, 11) is 0. The van der Waals surface area contributed by atoms with Gasteiger partial charge in [0.25, 0.3) is 0 Å². The Bertz CT molecular complexity index is 421. The van der Waals surface area contributed by atoms with E-state index in [1.54, 1.807) is 0 Å². The highest BCUT2D eigenvalue weighted by molar-refractivity contribution is 5.72. The molecular formula is C18H26O2. The van der Waals surface area contributed by atoms with Gasteiger partial charge < -0.3 is 4.74 Å². The SMILES string of the molecule is CCCCCC/C=C/c1cccc(CC(=O)OCC)c1. The number of rotatable bonds is 9. The van der Waals surface area contributed by atoms with E-state index in [1.165, 1.54) is 25.7 Å². The summed E-state index contributed by atoms with van der Waals surface area (Å²) in [6, 6.07) is 8.08. The van der Waals surface area contributed by atoms with Crippen molar-refractivity contribution in [3.05, 3.63) is 41.5 Å². The summed E-state index contributed by atoms with van der Waals surface area (Å²) in [5, 5.41) is 0. The third-order valence-corrected chi connectivity index (χ3v) is 3.14. The highest BCUT2D eigenvalue weighted by Crippen LogP contribution is 2.10. The van der Waals surface area contributed by atoms with Crippen LogP contribution in [-0.4, -0.2) is 12.6 Å². The van der Waals surface area contributed by atoms with Crippen molar-refractivity contribution in [2.75, 3.05) is 6.61 Å². The van der Waals surface area contributed by atoms with E-state index in [1.807, 2.05) is 19.1 Å². The van der Waals surface area contributed by atoms with Gasteiger partial charge in [-0.2, -0.15) is 0 Å². The summed E-state index contributed by atoms with van der Waals surface area (Å²) < 4.78 is 4.96. The van der Waals surface area contributed by atoms with Crippen molar-refractivity contribution < 1.29 is 9.53 Å². The van der Waals surface area contributed by atoms with E-state index < -0.39 is 0 Å². The maximum Gasteiger partial charge on any atom is 0.310 e. The van der Waals surface area contributed by atoms with Crippen LogP contribution in [-0.2, 0) is 16.0 Å². The molecule has 0 aromatic heterocycles. The maximum absolute atomic E-state index is 11.4. The molecule has 0 bridgehead atoms. The fourth-order valence-electron chi connectivity index (χ4n) is 2.09. The number of carbonyl (C=O) groups is 1. The summed E-state index contributed by atoms with van der Waals surface area (Å²) in [5.74, 6) is -0.159. The molecule has 1 aromatic rings. The lowest BCUT2D eigenvalue weighted by Crippen LogP contribution is -2.07. The quantitative estimate of drug-likeness (QED) is 0.478. The van der Waals surface area contributed by atoms with Gasteiger partial charge >= 0.3 is 5.97 Å². The number of ether oxygens (including phenoxy) is 1. The Balaban J connectivity index is 2.42. The first-order valence-electron chi connectivity index (χ1n) is 7.67. The summed E-state index contributed by atoms with van der Waals surface area (Å²) in [6.45, 7) is 4.50. The Labute approximate surface area is 122 Å². The molecule has 0 fully saturated rings. The summed E-state index contributed by atoms with van der Waals surface area (Å²) in [4.78, 5) is 11.4. The molecule has 0 radical (unpaired) electrons. The van der Waals surface area contributed by atoms with Gasteiger partial charge in [-0.1, -0.05) is 62.6 Å². The van der Waals surface area contributed by atoms with Crippen molar-refractivity contribution in [1.82, 2.24) is 0 Å². The van der Waals surface area contributed by atoms with Crippen LogP contribution in [0, 0.1) is 0 Å². The van der Waals surface area contributed by atoms with E-state index in [4.69, 9.17) is 4.74 Å². The Morgan fingerprint density at radius 2 is 2.05 bits per heavy atom. The number of unbranched alkanes of at least 4 members (excludes halogenated alkanes) is 4. The van der Waals surface area contributed by atoms with Gasteiger partial charge in [-0.05, 0) is 30.9 Å². The van der Waals surface area contributed by atoms with Gasteiger partial charge in [0.15, 0.2) is 0 Å². The zero-order valence-electron chi connectivity index (χ0n) is 12.7. The van der Waals surface area contributed by atoms with Gasteiger partial charge in [-0.15, -0.1) is 0 Å². The average molecular weight is 274 g/mol. The van der Waals surface area contributed by atoms with E-state index in [-0.39, 0.29) is 5.97 Å². The van der Waals surface area contributed by atoms with Crippen molar-refractivity contribution in [3.8, 4) is 0 Å². The van der Waals surface area contributed by atoms with Gasteiger partial charge in [0, 0.05) is 0 Å². The number of allylic oxidation sites excluding steroid dienone is 1. The highest BCUT2D eigenvalue weighted by Gasteiger charge is 2.03. The predicted octanol–water partition coefficient (Wildman–Crippen LogP) is 4.78. The molecule has 2 nitrogen and oxygen atoms in total. The van der Waals surface area contributed by atoms with E-state index in [0.717, 1.165) is 17.5 Å². The second kappa shape index (κ2) is 10.2.